The Balaban J connectivity index is 1.23. The molecule has 7 nitrogen and oxygen atoms in total. The Hall–Kier alpha value is -2.34. The number of carbonyl (C=O) groups is 1. The van der Waals surface area contributed by atoms with Crippen LogP contribution in [0.1, 0.15) is 66.0 Å². The molecule has 2 heterocycles. The van der Waals surface area contributed by atoms with Gasteiger partial charge in [0.1, 0.15) is 10.6 Å². The fourth-order valence-electron chi connectivity index (χ4n) is 5.44. The third-order valence-electron chi connectivity index (χ3n) is 7.55. The largest absolute Gasteiger partial charge is 0.416 e. The van der Waals surface area contributed by atoms with E-state index in [-0.39, 0.29) is 24.8 Å². The van der Waals surface area contributed by atoms with Gasteiger partial charge < -0.3 is 15.2 Å². The van der Waals surface area contributed by atoms with Crippen LogP contribution in [0.3, 0.4) is 0 Å². The van der Waals surface area contributed by atoms with Gasteiger partial charge in [0.25, 0.3) is 0 Å². The van der Waals surface area contributed by atoms with Gasteiger partial charge in [0, 0.05) is 57.7 Å². The average molecular weight is 553 g/mol. The standard InChI is InChI=1S/C27H35F3N4O3S/c1-31-22(18-4-3-5-19(14-18)27(28,29)30)6-7-24(35)33-20-10-13-34(16-20)21-8-11-26(36,12-9-21)23-15-32-25(38-23)17-37-2/h3-5,14-15,20-21,36H,6-13,16-17H2,1-2H3,(H,33,35)/t20-,21?,26?/m1/s1. The minimum absolute atomic E-state index is 0.0389. The minimum atomic E-state index is -4.42. The minimum Gasteiger partial charge on any atom is -0.384 e. The van der Waals surface area contributed by atoms with Crippen LogP contribution in [0.2, 0.25) is 0 Å². The van der Waals surface area contributed by atoms with E-state index >= 15 is 0 Å². The molecule has 1 aromatic heterocycles. The summed E-state index contributed by atoms with van der Waals surface area (Å²) in [5.41, 5.74) is -0.710. The number of amides is 1. The Morgan fingerprint density at radius 3 is 2.74 bits per heavy atom. The van der Waals surface area contributed by atoms with Crippen molar-refractivity contribution >= 4 is 23.0 Å². The van der Waals surface area contributed by atoms with E-state index in [4.69, 9.17) is 4.74 Å². The van der Waals surface area contributed by atoms with Gasteiger partial charge >= 0.3 is 6.18 Å². The molecule has 2 N–H and O–H groups in total. The molecular weight excluding hydrogens is 517 g/mol. The van der Waals surface area contributed by atoms with Crippen molar-refractivity contribution in [3.63, 3.8) is 0 Å². The van der Waals surface area contributed by atoms with Crippen LogP contribution in [0.25, 0.3) is 0 Å². The average Bonchev–Trinajstić information content (AvgIpc) is 3.55. The number of benzene rings is 1. The van der Waals surface area contributed by atoms with Crippen molar-refractivity contribution in [1.29, 1.82) is 0 Å². The van der Waals surface area contributed by atoms with Gasteiger partial charge in [-0.1, -0.05) is 12.1 Å². The summed E-state index contributed by atoms with van der Waals surface area (Å²) in [6.07, 6.45) is 1.73. The molecule has 1 saturated carbocycles. The summed E-state index contributed by atoms with van der Waals surface area (Å²) in [6.45, 7) is 2.09. The van der Waals surface area contributed by atoms with Gasteiger partial charge in [0.15, 0.2) is 0 Å². The number of rotatable bonds is 9. The number of carbonyl (C=O) groups excluding carboxylic acids is 1. The topological polar surface area (TPSA) is 87.1 Å². The third-order valence-corrected chi connectivity index (χ3v) is 8.71. The van der Waals surface area contributed by atoms with Crippen LogP contribution in [0.5, 0.6) is 0 Å². The molecule has 0 spiro atoms. The maximum absolute atomic E-state index is 13.1. The molecule has 38 heavy (non-hydrogen) atoms. The van der Waals surface area contributed by atoms with Crippen molar-refractivity contribution in [1.82, 2.24) is 15.2 Å². The molecule has 208 valence electrons. The molecule has 1 aliphatic carbocycles. The number of nitrogens with zero attached hydrogens (tertiary/aromatic N) is 3. The number of nitrogens with one attached hydrogen (secondary N) is 1. The second kappa shape index (κ2) is 12.2. The first-order chi connectivity index (χ1) is 18.1. The van der Waals surface area contributed by atoms with Gasteiger partial charge in [-0.25, -0.2) is 4.98 Å². The summed E-state index contributed by atoms with van der Waals surface area (Å²) in [4.78, 5) is 24.4. The zero-order valence-electron chi connectivity index (χ0n) is 21.8. The summed E-state index contributed by atoms with van der Waals surface area (Å²) in [5, 5.41) is 15.2. The lowest BCUT2D eigenvalue weighted by molar-refractivity contribution is -0.137. The van der Waals surface area contributed by atoms with Crippen LogP contribution in [0, 0.1) is 0 Å². The predicted octanol–water partition coefficient (Wildman–Crippen LogP) is 4.53. The van der Waals surface area contributed by atoms with Crippen molar-refractivity contribution in [2.45, 2.75) is 75.4 Å². The number of thiazole rings is 1. The number of methoxy groups -OCH3 is 1. The fraction of sp³-hybridized carbons (Fsp3) is 0.593. The van der Waals surface area contributed by atoms with E-state index in [0.29, 0.717) is 36.8 Å². The van der Waals surface area contributed by atoms with Crippen LogP contribution in [0.4, 0.5) is 13.2 Å². The molecule has 0 unspecified atom stereocenters. The summed E-state index contributed by atoms with van der Waals surface area (Å²) < 4.78 is 44.3. The van der Waals surface area contributed by atoms with Gasteiger partial charge in [0.05, 0.1) is 17.0 Å². The number of hydrogen-bond acceptors (Lipinski definition) is 7. The van der Waals surface area contributed by atoms with Crippen LogP contribution >= 0.6 is 11.3 Å². The molecule has 1 aliphatic heterocycles. The lowest BCUT2D eigenvalue weighted by Crippen LogP contribution is -2.43. The summed E-state index contributed by atoms with van der Waals surface area (Å²) in [5.74, 6) is -0.125. The quantitative estimate of drug-likeness (QED) is 0.447. The van der Waals surface area contributed by atoms with Crippen LogP contribution in [0.15, 0.2) is 35.5 Å². The fourth-order valence-corrected chi connectivity index (χ4v) is 6.47. The second-order valence-corrected chi connectivity index (χ2v) is 11.2. The van der Waals surface area contributed by atoms with E-state index in [1.165, 1.54) is 24.5 Å². The van der Waals surface area contributed by atoms with E-state index in [0.717, 1.165) is 54.4 Å². The van der Waals surface area contributed by atoms with E-state index in [1.807, 2.05) is 0 Å². The molecule has 4 rings (SSSR count). The Morgan fingerprint density at radius 2 is 2.05 bits per heavy atom. The maximum atomic E-state index is 13.1. The Morgan fingerprint density at radius 1 is 1.29 bits per heavy atom. The molecule has 1 amide bonds. The Kier molecular flexibility index (Phi) is 9.23. The van der Waals surface area contributed by atoms with E-state index in [9.17, 15) is 23.1 Å². The SMILES string of the molecule is CN=C(CCC(=O)N[C@@H]1CCN(C2CCC(O)(c3cnc(COC)s3)CC2)C1)c1cccc(C(F)(F)F)c1. The lowest BCUT2D eigenvalue weighted by Gasteiger charge is -2.39. The first-order valence-electron chi connectivity index (χ1n) is 12.9. The summed E-state index contributed by atoms with van der Waals surface area (Å²) in [7, 11) is 3.16. The molecule has 1 aromatic carbocycles. The highest BCUT2D eigenvalue weighted by Crippen LogP contribution is 2.41. The van der Waals surface area contributed by atoms with E-state index in [1.54, 1.807) is 19.4 Å². The van der Waals surface area contributed by atoms with Crippen molar-refractivity contribution in [3.05, 3.63) is 51.5 Å². The van der Waals surface area contributed by atoms with E-state index < -0.39 is 17.3 Å². The number of likely N-dealkylation sites (tertiary alicyclic amines) is 1. The number of aromatic nitrogens is 1. The van der Waals surface area contributed by atoms with Crippen molar-refractivity contribution in [3.8, 4) is 0 Å². The molecule has 0 radical (unpaired) electrons. The number of aliphatic imine (C=N–C) groups is 1. The highest BCUT2D eigenvalue weighted by atomic mass is 32.1. The zero-order chi connectivity index (χ0) is 27.3. The molecule has 2 aromatic rings. The van der Waals surface area contributed by atoms with Gasteiger partial charge in [-0.2, -0.15) is 13.2 Å². The monoisotopic (exact) mass is 552 g/mol. The lowest BCUT2D eigenvalue weighted by atomic mass is 9.81. The molecule has 11 heteroatoms. The first kappa shape index (κ1) is 28.7. The summed E-state index contributed by atoms with van der Waals surface area (Å²) >= 11 is 1.51. The number of aliphatic hydroxyl groups is 1. The Bertz CT molecular complexity index is 1130. The van der Waals surface area contributed by atoms with Crippen molar-refractivity contribution in [2.75, 3.05) is 27.2 Å². The number of ether oxygens (including phenoxy) is 1. The van der Waals surface area contributed by atoms with E-state index in [2.05, 4.69) is 20.2 Å². The predicted molar refractivity (Wildman–Crippen MR) is 140 cm³/mol. The first-order valence-corrected chi connectivity index (χ1v) is 13.8. The molecule has 2 aliphatic rings. The number of hydrogen-bond donors (Lipinski definition) is 2. The van der Waals surface area contributed by atoms with Crippen LogP contribution in [-0.4, -0.2) is 65.9 Å². The molecular formula is C27H35F3N4O3S. The van der Waals surface area contributed by atoms with Crippen molar-refractivity contribution in [2.24, 2.45) is 4.99 Å². The van der Waals surface area contributed by atoms with Crippen LogP contribution in [-0.2, 0) is 27.9 Å². The van der Waals surface area contributed by atoms with Gasteiger partial charge in [-0.3, -0.25) is 14.7 Å². The van der Waals surface area contributed by atoms with Crippen LogP contribution < -0.4 is 5.32 Å². The molecule has 1 atom stereocenters. The molecule has 1 saturated heterocycles. The van der Waals surface area contributed by atoms with Gasteiger partial charge in [-0.15, -0.1) is 11.3 Å². The molecule has 2 fully saturated rings. The van der Waals surface area contributed by atoms with Gasteiger partial charge in [-0.05, 0) is 56.2 Å². The highest BCUT2D eigenvalue weighted by molar-refractivity contribution is 7.11. The number of halogens is 3. The highest BCUT2D eigenvalue weighted by Gasteiger charge is 2.39. The van der Waals surface area contributed by atoms with Crippen molar-refractivity contribution < 1.29 is 27.8 Å². The number of alkyl halides is 3. The smallest absolute Gasteiger partial charge is 0.384 e. The van der Waals surface area contributed by atoms with Gasteiger partial charge in [0.2, 0.25) is 5.91 Å². The zero-order valence-corrected chi connectivity index (χ0v) is 22.6. The normalized spacial score (nSPS) is 25.1. The second-order valence-electron chi connectivity index (χ2n) is 10.1. The maximum Gasteiger partial charge on any atom is 0.416 e. The Labute approximate surface area is 225 Å². The molecule has 0 bridgehead atoms. The third kappa shape index (κ3) is 6.99. The summed E-state index contributed by atoms with van der Waals surface area (Å²) in [6, 6.07) is 5.45.